The van der Waals surface area contributed by atoms with Gasteiger partial charge in [0.05, 0.1) is 18.5 Å². The maximum atomic E-state index is 12.4. The molecular formula is C18H21N3O4. The topological polar surface area (TPSA) is 82.5 Å². The Bertz CT molecular complexity index is 799. The molecule has 0 saturated carbocycles. The quantitative estimate of drug-likeness (QED) is 0.860. The van der Waals surface area contributed by atoms with Gasteiger partial charge < -0.3 is 14.8 Å². The highest BCUT2D eigenvalue weighted by Gasteiger charge is 2.35. The van der Waals surface area contributed by atoms with Gasteiger partial charge in [-0.15, -0.1) is 0 Å². The molecule has 25 heavy (non-hydrogen) atoms. The van der Waals surface area contributed by atoms with Gasteiger partial charge in [0.15, 0.2) is 6.10 Å². The van der Waals surface area contributed by atoms with Crippen LogP contribution in [0.1, 0.15) is 24.2 Å². The molecular weight excluding hydrogens is 322 g/mol. The fourth-order valence-electron chi connectivity index (χ4n) is 2.96. The van der Waals surface area contributed by atoms with Gasteiger partial charge in [0.1, 0.15) is 6.10 Å². The van der Waals surface area contributed by atoms with Crippen LogP contribution < -0.4 is 5.32 Å². The number of nitrogens with one attached hydrogen (secondary N) is 1. The van der Waals surface area contributed by atoms with E-state index in [1.54, 1.807) is 6.07 Å². The van der Waals surface area contributed by atoms with E-state index in [0.29, 0.717) is 18.5 Å². The summed E-state index contributed by atoms with van der Waals surface area (Å²) in [6, 6.07) is 9.43. The van der Waals surface area contributed by atoms with Crippen LogP contribution in [0, 0.1) is 13.8 Å². The molecule has 0 bridgehead atoms. The first-order valence-corrected chi connectivity index (χ1v) is 8.16. The number of nitrogens with zero attached hydrogens (tertiary/aromatic N) is 2. The number of amides is 1. The molecule has 2 unspecified atom stereocenters. The van der Waals surface area contributed by atoms with Gasteiger partial charge in [0, 0.05) is 11.4 Å². The van der Waals surface area contributed by atoms with E-state index in [4.69, 9.17) is 4.74 Å². The van der Waals surface area contributed by atoms with Gasteiger partial charge in [-0.2, -0.15) is 5.10 Å². The van der Waals surface area contributed by atoms with Crippen molar-refractivity contribution in [2.75, 3.05) is 12.4 Å². The Morgan fingerprint density at radius 1 is 1.24 bits per heavy atom. The molecule has 2 aromatic rings. The first kappa shape index (κ1) is 17.2. The highest BCUT2D eigenvalue weighted by molar-refractivity contribution is 5.95. The van der Waals surface area contributed by atoms with Crippen molar-refractivity contribution < 1.29 is 19.1 Å². The van der Waals surface area contributed by atoms with Crippen molar-refractivity contribution in [3.05, 3.63) is 41.7 Å². The zero-order valence-electron chi connectivity index (χ0n) is 14.5. The van der Waals surface area contributed by atoms with Gasteiger partial charge in [-0.05, 0) is 51.0 Å². The molecule has 1 saturated heterocycles. The average Bonchev–Trinajstić information content (AvgIpc) is 3.21. The molecule has 0 aliphatic carbocycles. The van der Waals surface area contributed by atoms with E-state index in [1.165, 1.54) is 7.11 Å². The standard InChI is InChI=1S/C18H21N3O4/c1-11-9-12(2)21(20-11)14-6-4-5-13(10-14)19-17(22)15-7-8-16(25-15)18(23)24-3/h4-6,9-10,15-16H,7-8H2,1-3H3,(H,19,22). The fourth-order valence-corrected chi connectivity index (χ4v) is 2.96. The van der Waals surface area contributed by atoms with Gasteiger partial charge in [0.2, 0.25) is 0 Å². The number of aromatic nitrogens is 2. The molecule has 1 aliphatic rings. The van der Waals surface area contributed by atoms with Crippen LogP contribution in [0.15, 0.2) is 30.3 Å². The monoisotopic (exact) mass is 343 g/mol. The highest BCUT2D eigenvalue weighted by Crippen LogP contribution is 2.23. The normalized spacial score (nSPS) is 19.6. The third kappa shape index (κ3) is 3.71. The van der Waals surface area contributed by atoms with Crippen LogP contribution in [0.2, 0.25) is 0 Å². The minimum atomic E-state index is -0.665. The molecule has 1 aliphatic heterocycles. The summed E-state index contributed by atoms with van der Waals surface area (Å²) in [6.07, 6.45) is -0.345. The second-order valence-electron chi connectivity index (χ2n) is 6.09. The SMILES string of the molecule is COC(=O)C1CCC(C(=O)Nc2cccc(-n3nc(C)cc3C)c2)O1. The molecule has 7 nitrogen and oxygen atoms in total. The zero-order chi connectivity index (χ0) is 18.0. The van der Waals surface area contributed by atoms with Crippen molar-refractivity contribution in [1.29, 1.82) is 0 Å². The van der Waals surface area contributed by atoms with Crippen molar-refractivity contribution in [3.8, 4) is 5.69 Å². The van der Waals surface area contributed by atoms with E-state index in [2.05, 4.69) is 15.2 Å². The van der Waals surface area contributed by atoms with Gasteiger partial charge in [-0.1, -0.05) is 6.07 Å². The van der Waals surface area contributed by atoms with E-state index in [1.807, 2.05) is 42.8 Å². The van der Waals surface area contributed by atoms with E-state index < -0.39 is 18.2 Å². The van der Waals surface area contributed by atoms with E-state index in [-0.39, 0.29) is 5.91 Å². The van der Waals surface area contributed by atoms with Crippen molar-refractivity contribution in [2.45, 2.75) is 38.9 Å². The lowest BCUT2D eigenvalue weighted by Gasteiger charge is -2.13. The Morgan fingerprint density at radius 3 is 2.68 bits per heavy atom. The molecule has 1 aromatic heterocycles. The Morgan fingerprint density at radius 2 is 2.00 bits per heavy atom. The van der Waals surface area contributed by atoms with Crippen LogP contribution in [-0.2, 0) is 19.1 Å². The molecule has 7 heteroatoms. The van der Waals surface area contributed by atoms with Crippen LogP contribution in [0.3, 0.4) is 0 Å². The average molecular weight is 343 g/mol. The van der Waals surface area contributed by atoms with Crippen molar-refractivity contribution in [1.82, 2.24) is 9.78 Å². The summed E-state index contributed by atoms with van der Waals surface area (Å²) in [5.41, 5.74) is 3.46. The van der Waals surface area contributed by atoms with Gasteiger partial charge in [-0.25, -0.2) is 9.48 Å². The maximum Gasteiger partial charge on any atom is 0.335 e. The smallest absolute Gasteiger partial charge is 0.335 e. The number of hydrogen-bond acceptors (Lipinski definition) is 5. The molecule has 2 atom stereocenters. The van der Waals surface area contributed by atoms with E-state index in [0.717, 1.165) is 17.1 Å². The Hall–Kier alpha value is -2.67. The number of methoxy groups -OCH3 is 1. The number of benzene rings is 1. The lowest BCUT2D eigenvalue weighted by molar-refractivity contribution is -0.154. The van der Waals surface area contributed by atoms with Crippen molar-refractivity contribution in [3.63, 3.8) is 0 Å². The number of esters is 1. The molecule has 132 valence electrons. The van der Waals surface area contributed by atoms with Crippen LogP contribution in [0.4, 0.5) is 5.69 Å². The lowest BCUT2D eigenvalue weighted by atomic mass is 10.2. The second-order valence-corrected chi connectivity index (χ2v) is 6.09. The van der Waals surface area contributed by atoms with E-state index >= 15 is 0 Å². The summed E-state index contributed by atoms with van der Waals surface area (Å²) in [5, 5.41) is 7.29. The number of carbonyl (C=O) groups is 2. The van der Waals surface area contributed by atoms with Gasteiger partial charge in [-0.3, -0.25) is 4.79 Å². The fraction of sp³-hybridized carbons (Fsp3) is 0.389. The summed E-state index contributed by atoms with van der Waals surface area (Å²) >= 11 is 0. The second kappa shape index (κ2) is 7.06. The highest BCUT2D eigenvalue weighted by atomic mass is 16.6. The molecule has 0 spiro atoms. The third-order valence-corrected chi connectivity index (χ3v) is 4.14. The predicted octanol–water partition coefficient (Wildman–Crippen LogP) is 2.15. The lowest BCUT2D eigenvalue weighted by Crippen LogP contribution is -2.30. The van der Waals surface area contributed by atoms with Gasteiger partial charge in [0.25, 0.3) is 5.91 Å². The van der Waals surface area contributed by atoms with Crippen LogP contribution in [0.5, 0.6) is 0 Å². The first-order chi connectivity index (χ1) is 12.0. The van der Waals surface area contributed by atoms with Crippen LogP contribution in [0.25, 0.3) is 5.69 Å². The number of carbonyl (C=O) groups excluding carboxylic acids is 2. The summed E-state index contributed by atoms with van der Waals surface area (Å²) in [4.78, 5) is 23.9. The molecule has 1 fully saturated rings. The number of rotatable bonds is 4. The minimum Gasteiger partial charge on any atom is -0.467 e. The summed E-state index contributed by atoms with van der Waals surface area (Å²) < 4.78 is 12.0. The maximum absolute atomic E-state index is 12.4. The van der Waals surface area contributed by atoms with Gasteiger partial charge >= 0.3 is 5.97 Å². The number of aryl methyl sites for hydroxylation is 2. The minimum absolute atomic E-state index is 0.267. The summed E-state index contributed by atoms with van der Waals surface area (Å²) in [5.74, 6) is -0.709. The Balaban J connectivity index is 1.69. The van der Waals surface area contributed by atoms with Crippen molar-refractivity contribution >= 4 is 17.6 Å². The molecule has 1 aromatic carbocycles. The molecule has 0 radical (unpaired) electrons. The number of ether oxygens (including phenoxy) is 2. The molecule has 1 amide bonds. The number of hydrogen-bond donors (Lipinski definition) is 1. The largest absolute Gasteiger partial charge is 0.467 e. The Labute approximate surface area is 145 Å². The summed E-state index contributed by atoms with van der Waals surface area (Å²) in [6.45, 7) is 3.91. The van der Waals surface area contributed by atoms with Crippen LogP contribution in [-0.4, -0.2) is 41.0 Å². The first-order valence-electron chi connectivity index (χ1n) is 8.16. The molecule has 1 N–H and O–H groups in total. The molecule has 2 heterocycles. The van der Waals surface area contributed by atoms with E-state index in [9.17, 15) is 9.59 Å². The molecule has 3 rings (SSSR count). The summed E-state index contributed by atoms with van der Waals surface area (Å²) in [7, 11) is 1.31. The van der Waals surface area contributed by atoms with Crippen LogP contribution >= 0.6 is 0 Å². The zero-order valence-corrected chi connectivity index (χ0v) is 14.5. The van der Waals surface area contributed by atoms with Crippen molar-refractivity contribution in [2.24, 2.45) is 0 Å². The number of anilines is 1. The third-order valence-electron chi connectivity index (χ3n) is 4.14. The predicted molar refractivity (Wildman–Crippen MR) is 91.6 cm³/mol. The Kier molecular flexibility index (Phi) is 4.85.